The van der Waals surface area contributed by atoms with Gasteiger partial charge in [-0.2, -0.15) is 5.26 Å². The maximum absolute atomic E-state index is 8.30. The Morgan fingerprint density at radius 2 is 2.38 bits per heavy atom. The second-order valence-electron chi connectivity index (χ2n) is 3.53. The highest BCUT2D eigenvalue weighted by Crippen LogP contribution is 2.14. The Labute approximate surface area is 80.1 Å². The standard InChI is InChI=1S/C10H18N2O/c11-5-1-2-6-12-7-3-10-4-8-13-9-10/h10,12H,1-4,6-9H2. The summed E-state index contributed by atoms with van der Waals surface area (Å²) < 4.78 is 5.28. The van der Waals surface area contributed by atoms with Gasteiger partial charge in [-0.25, -0.2) is 0 Å². The van der Waals surface area contributed by atoms with Gasteiger partial charge in [-0.3, -0.25) is 0 Å². The van der Waals surface area contributed by atoms with Crippen molar-refractivity contribution in [2.75, 3.05) is 26.3 Å². The highest BCUT2D eigenvalue weighted by Gasteiger charge is 2.14. The van der Waals surface area contributed by atoms with Crippen molar-refractivity contribution in [1.29, 1.82) is 5.26 Å². The minimum absolute atomic E-state index is 0.666. The summed E-state index contributed by atoms with van der Waals surface area (Å²) >= 11 is 0. The quantitative estimate of drug-likeness (QED) is 0.630. The van der Waals surface area contributed by atoms with Crippen LogP contribution in [0.15, 0.2) is 0 Å². The minimum atomic E-state index is 0.666. The van der Waals surface area contributed by atoms with Gasteiger partial charge in [0.25, 0.3) is 0 Å². The summed E-state index contributed by atoms with van der Waals surface area (Å²) in [7, 11) is 0. The lowest BCUT2D eigenvalue weighted by Crippen LogP contribution is -2.19. The second-order valence-corrected chi connectivity index (χ2v) is 3.53. The average molecular weight is 182 g/mol. The molecule has 1 fully saturated rings. The number of nitrogens with zero attached hydrogens (tertiary/aromatic N) is 1. The van der Waals surface area contributed by atoms with Crippen molar-refractivity contribution in [3.05, 3.63) is 0 Å². The highest BCUT2D eigenvalue weighted by molar-refractivity contribution is 4.69. The normalized spacial score (nSPS) is 21.6. The van der Waals surface area contributed by atoms with E-state index in [9.17, 15) is 0 Å². The number of hydrogen-bond donors (Lipinski definition) is 1. The van der Waals surface area contributed by atoms with E-state index >= 15 is 0 Å². The molecule has 1 unspecified atom stereocenters. The van der Waals surface area contributed by atoms with Crippen LogP contribution in [0.1, 0.15) is 25.7 Å². The van der Waals surface area contributed by atoms with Crippen LogP contribution in [0, 0.1) is 17.2 Å². The molecule has 0 aromatic rings. The van der Waals surface area contributed by atoms with Gasteiger partial charge in [-0.05, 0) is 38.3 Å². The van der Waals surface area contributed by atoms with Crippen molar-refractivity contribution in [2.45, 2.75) is 25.7 Å². The van der Waals surface area contributed by atoms with Crippen LogP contribution < -0.4 is 5.32 Å². The molecular weight excluding hydrogens is 164 g/mol. The Hall–Kier alpha value is -0.590. The van der Waals surface area contributed by atoms with Crippen LogP contribution in [-0.4, -0.2) is 26.3 Å². The Morgan fingerprint density at radius 1 is 1.46 bits per heavy atom. The van der Waals surface area contributed by atoms with E-state index in [1.807, 2.05) is 0 Å². The molecule has 74 valence electrons. The molecule has 1 heterocycles. The van der Waals surface area contributed by atoms with Gasteiger partial charge in [-0.1, -0.05) is 0 Å². The van der Waals surface area contributed by atoms with Crippen LogP contribution in [-0.2, 0) is 4.74 Å². The smallest absolute Gasteiger partial charge is 0.0622 e. The van der Waals surface area contributed by atoms with Crippen LogP contribution in [0.2, 0.25) is 0 Å². The number of ether oxygens (including phenoxy) is 1. The van der Waals surface area contributed by atoms with Crippen LogP contribution in [0.5, 0.6) is 0 Å². The summed E-state index contributed by atoms with van der Waals surface area (Å²) in [5, 5.41) is 11.6. The molecule has 0 aliphatic carbocycles. The molecule has 0 saturated carbocycles. The van der Waals surface area contributed by atoms with Crippen LogP contribution in [0.4, 0.5) is 0 Å². The van der Waals surface area contributed by atoms with Gasteiger partial charge >= 0.3 is 0 Å². The van der Waals surface area contributed by atoms with Crippen LogP contribution in [0.25, 0.3) is 0 Å². The van der Waals surface area contributed by atoms with Gasteiger partial charge in [0.15, 0.2) is 0 Å². The summed E-state index contributed by atoms with van der Waals surface area (Å²) in [6.07, 6.45) is 4.07. The molecule has 1 saturated heterocycles. The molecule has 0 bridgehead atoms. The van der Waals surface area contributed by atoms with E-state index in [1.54, 1.807) is 0 Å². The highest BCUT2D eigenvalue weighted by atomic mass is 16.5. The first-order valence-corrected chi connectivity index (χ1v) is 5.09. The first-order valence-electron chi connectivity index (χ1n) is 5.09. The molecule has 1 aliphatic heterocycles. The van der Waals surface area contributed by atoms with E-state index in [0.29, 0.717) is 6.42 Å². The number of rotatable bonds is 6. The molecule has 1 rings (SSSR count). The molecule has 0 aromatic heterocycles. The topological polar surface area (TPSA) is 45.0 Å². The lowest BCUT2D eigenvalue weighted by Gasteiger charge is -2.07. The van der Waals surface area contributed by atoms with Crippen molar-refractivity contribution in [2.24, 2.45) is 5.92 Å². The number of nitriles is 1. The Balaban J connectivity index is 1.81. The van der Waals surface area contributed by atoms with E-state index < -0.39 is 0 Å². The number of nitrogens with one attached hydrogen (secondary N) is 1. The largest absolute Gasteiger partial charge is 0.381 e. The zero-order chi connectivity index (χ0) is 9.36. The third-order valence-corrected chi connectivity index (χ3v) is 2.40. The van der Waals surface area contributed by atoms with Crippen molar-refractivity contribution < 1.29 is 4.74 Å². The zero-order valence-electron chi connectivity index (χ0n) is 8.09. The maximum atomic E-state index is 8.30. The molecule has 1 aliphatic rings. The number of hydrogen-bond acceptors (Lipinski definition) is 3. The minimum Gasteiger partial charge on any atom is -0.381 e. The summed E-state index contributed by atoms with van der Waals surface area (Å²) in [4.78, 5) is 0. The fourth-order valence-electron chi connectivity index (χ4n) is 1.53. The molecule has 0 spiro atoms. The Morgan fingerprint density at radius 3 is 3.08 bits per heavy atom. The van der Waals surface area contributed by atoms with E-state index in [-0.39, 0.29) is 0 Å². The lowest BCUT2D eigenvalue weighted by atomic mass is 10.1. The molecule has 0 amide bonds. The molecule has 0 aromatic carbocycles. The van der Waals surface area contributed by atoms with E-state index in [2.05, 4.69) is 11.4 Å². The van der Waals surface area contributed by atoms with Crippen molar-refractivity contribution in [3.8, 4) is 6.07 Å². The van der Waals surface area contributed by atoms with Gasteiger partial charge in [-0.15, -0.1) is 0 Å². The third-order valence-electron chi connectivity index (χ3n) is 2.40. The van der Waals surface area contributed by atoms with Crippen molar-refractivity contribution >= 4 is 0 Å². The zero-order valence-corrected chi connectivity index (χ0v) is 8.09. The monoisotopic (exact) mass is 182 g/mol. The van der Waals surface area contributed by atoms with Crippen LogP contribution in [0.3, 0.4) is 0 Å². The average Bonchev–Trinajstić information content (AvgIpc) is 2.63. The first kappa shape index (κ1) is 10.5. The fraction of sp³-hybridized carbons (Fsp3) is 0.900. The van der Waals surface area contributed by atoms with Crippen molar-refractivity contribution in [3.63, 3.8) is 0 Å². The summed E-state index contributed by atoms with van der Waals surface area (Å²) in [6, 6.07) is 2.14. The predicted molar refractivity (Wildman–Crippen MR) is 51.3 cm³/mol. The molecule has 3 nitrogen and oxygen atoms in total. The fourth-order valence-corrected chi connectivity index (χ4v) is 1.53. The predicted octanol–water partition coefficient (Wildman–Crippen LogP) is 1.31. The molecule has 3 heteroatoms. The van der Waals surface area contributed by atoms with Gasteiger partial charge in [0.2, 0.25) is 0 Å². The molecule has 13 heavy (non-hydrogen) atoms. The molecule has 0 radical (unpaired) electrons. The molecule has 1 N–H and O–H groups in total. The SMILES string of the molecule is N#CCCCNCCC1CCOC1. The summed E-state index contributed by atoms with van der Waals surface area (Å²) in [5.74, 6) is 0.767. The van der Waals surface area contributed by atoms with E-state index in [0.717, 1.165) is 38.6 Å². The van der Waals surface area contributed by atoms with Gasteiger partial charge in [0.1, 0.15) is 0 Å². The first-order chi connectivity index (χ1) is 6.43. The van der Waals surface area contributed by atoms with Gasteiger partial charge < -0.3 is 10.1 Å². The Bertz CT molecular complexity index is 159. The Kier molecular flexibility index (Phi) is 5.55. The third kappa shape index (κ3) is 4.87. The maximum Gasteiger partial charge on any atom is 0.0622 e. The van der Waals surface area contributed by atoms with Crippen LogP contribution >= 0.6 is 0 Å². The molecular formula is C10H18N2O. The summed E-state index contributed by atoms with van der Waals surface area (Å²) in [5.41, 5.74) is 0. The van der Waals surface area contributed by atoms with Gasteiger partial charge in [0, 0.05) is 19.6 Å². The van der Waals surface area contributed by atoms with Crippen molar-refractivity contribution in [1.82, 2.24) is 5.32 Å². The van der Waals surface area contributed by atoms with E-state index in [1.165, 1.54) is 12.8 Å². The number of unbranched alkanes of at least 4 members (excludes halogenated alkanes) is 1. The van der Waals surface area contributed by atoms with Gasteiger partial charge in [0.05, 0.1) is 6.07 Å². The lowest BCUT2D eigenvalue weighted by molar-refractivity contribution is 0.184. The second kappa shape index (κ2) is 6.88. The molecule has 1 atom stereocenters. The van der Waals surface area contributed by atoms with E-state index in [4.69, 9.17) is 10.00 Å². The summed E-state index contributed by atoms with van der Waals surface area (Å²) in [6.45, 7) is 3.93.